The van der Waals surface area contributed by atoms with Gasteiger partial charge in [-0.1, -0.05) is 18.2 Å². The number of carbonyl (C=O) groups is 1. The fourth-order valence-corrected chi connectivity index (χ4v) is 3.36. The van der Waals surface area contributed by atoms with Gasteiger partial charge in [0.15, 0.2) is 6.10 Å². The molecule has 5 nitrogen and oxygen atoms in total. The van der Waals surface area contributed by atoms with Crippen LogP contribution in [0.5, 0.6) is 11.5 Å². The molecule has 1 aliphatic rings. The van der Waals surface area contributed by atoms with Crippen molar-refractivity contribution in [3.8, 4) is 11.5 Å². The summed E-state index contributed by atoms with van der Waals surface area (Å²) in [5, 5.41) is 0. The number of aryl methyl sites for hydroxylation is 2. The van der Waals surface area contributed by atoms with E-state index in [9.17, 15) is 4.79 Å². The molecule has 0 saturated carbocycles. The second-order valence-corrected chi connectivity index (χ2v) is 6.99. The lowest BCUT2D eigenvalue weighted by Gasteiger charge is -2.37. The predicted molar refractivity (Wildman–Crippen MR) is 108 cm³/mol. The van der Waals surface area contributed by atoms with Gasteiger partial charge in [-0.3, -0.25) is 4.79 Å². The number of ether oxygens (including phenoxy) is 2. The van der Waals surface area contributed by atoms with Crippen molar-refractivity contribution in [2.45, 2.75) is 26.9 Å². The van der Waals surface area contributed by atoms with Crippen molar-refractivity contribution in [3.63, 3.8) is 0 Å². The Kier molecular flexibility index (Phi) is 5.89. The number of amides is 1. The summed E-state index contributed by atoms with van der Waals surface area (Å²) in [7, 11) is 1.68. The van der Waals surface area contributed by atoms with Gasteiger partial charge < -0.3 is 19.3 Å². The number of piperazine rings is 1. The lowest BCUT2D eigenvalue weighted by molar-refractivity contribution is -0.138. The van der Waals surface area contributed by atoms with Gasteiger partial charge in [-0.05, 0) is 56.2 Å². The van der Waals surface area contributed by atoms with Gasteiger partial charge in [0.25, 0.3) is 5.91 Å². The maximum absolute atomic E-state index is 12.8. The fourth-order valence-electron chi connectivity index (χ4n) is 3.36. The molecule has 1 heterocycles. The number of hydrogen-bond donors (Lipinski definition) is 0. The van der Waals surface area contributed by atoms with Gasteiger partial charge in [-0.15, -0.1) is 0 Å². The summed E-state index contributed by atoms with van der Waals surface area (Å²) < 4.78 is 11.3. The standard InChI is InChI=1S/C22H28N2O3/c1-16-9-10-19(15-17(16)2)27-18(3)22(25)24-13-11-23(12-14-24)20-7-5-6-8-21(20)26-4/h5-10,15,18H,11-14H2,1-4H3. The molecule has 3 rings (SSSR count). The molecule has 1 saturated heterocycles. The minimum Gasteiger partial charge on any atom is -0.495 e. The van der Waals surface area contributed by atoms with Crippen LogP contribution in [-0.2, 0) is 4.79 Å². The van der Waals surface area contributed by atoms with Crippen LogP contribution in [0.4, 0.5) is 5.69 Å². The summed E-state index contributed by atoms with van der Waals surface area (Å²) in [6.07, 6.45) is -0.495. The second-order valence-electron chi connectivity index (χ2n) is 6.99. The molecule has 5 heteroatoms. The summed E-state index contributed by atoms with van der Waals surface area (Å²) in [4.78, 5) is 16.9. The van der Waals surface area contributed by atoms with Crippen LogP contribution in [0.15, 0.2) is 42.5 Å². The maximum Gasteiger partial charge on any atom is 0.263 e. The van der Waals surface area contributed by atoms with Gasteiger partial charge in [0.1, 0.15) is 11.5 Å². The van der Waals surface area contributed by atoms with Gasteiger partial charge in [0, 0.05) is 26.2 Å². The van der Waals surface area contributed by atoms with Gasteiger partial charge in [-0.25, -0.2) is 0 Å². The fraction of sp³-hybridized carbons (Fsp3) is 0.409. The van der Waals surface area contributed by atoms with E-state index in [0.717, 1.165) is 35.8 Å². The van der Waals surface area contributed by atoms with Gasteiger partial charge in [0.05, 0.1) is 12.8 Å². The molecule has 0 spiro atoms. The number of hydrogen-bond acceptors (Lipinski definition) is 4. The highest BCUT2D eigenvalue weighted by atomic mass is 16.5. The highest BCUT2D eigenvalue weighted by molar-refractivity contribution is 5.81. The molecule has 1 fully saturated rings. The molecular weight excluding hydrogens is 340 g/mol. The zero-order valence-electron chi connectivity index (χ0n) is 16.6. The Morgan fingerprint density at radius 3 is 2.37 bits per heavy atom. The highest BCUT2D eigenvalue weighted by Crippen LogP contribution is 2.28. The molecule has 0 aliphatic carbocycles. The number of anilines is 1. The van der Waals surface area contributed by atoms with E-state index in [2.05, 4.69) is 17.9 Å². The second kappa shape index (κ2) is 8.33. The predicted octanol–water partition coefficient (Wildman–Crippen LogP) is 3.43. The summed E-state index contributed by atoms with van der Waals surface area (Å²) in [6.45, 7) is 8.85. The summed E-state index contributed by atoms with van der Waals surface area (Å²) in [6, 6.07) is 13.9. The third-order valence-electron chi connectivity index (χ3n) is 5.16. The number of rotatable bonds is 5. The van der Waals surface area contributed by atoms with Gasteiger partial charge >= 0.3 is 0 Å². The molecule has 0 aromatic heterocycles. The van der Waals surface area contributed by atoms with E-state index in [0.29, 0.717) is 13.1 Å². The lowest BCUT2D eigenvalue weighted by Crippen LogP contribution is -2.52. The van der Waals surface area contributed by atoms with Crippen molar-refractivity contribution in [1.29, 1.82) is 0 Å². The van der Waals surface area contributed by atoms with Gasteiger partial charge in [0.2, 0.25) is 0 Å². The molecule has 1 unspecified atom stereocenters. The number of para-hydroxylation sites is 2. The summed E-state index contributed by atoms with van der Waals surface area (Å²) in [5.41, 5.74) is 3.46. The van der Waals surface area contributed by atoms with E-state index < -0.39 is 6.10 Å². The first-order chi connectivity index (χ1) is 13.0. The Labute approximate surface area is 161 Å². The molecule has 2 aromatic rings. The van der Waals surface area contributed by atoms with E-state index in [1.807, 2.05) is 55.1 Å². The van der Waals surface area contributed by atoms with Crippen molar-refractivity contribution in [2.24, 2.45) is 0 Å². The van der Waals surface area contributed by atoms with E-state index in [4.69, 9.17) is 9.47 Å². The molecule has 2 aromatic carbocycles. The average molecular weight is 368 g/mol. The molecule has 27 heavy (non-hydrogen) atoms. The minimum absolute atomic E-state index is 0.0351. The Morgan fingerprint density at radius 2 is 1.70 bits per heavy atom. The quantitative estimate of drug-likeness (QED) is 0.811. The van der Waals surface area contributed by atoms with Crippen LogP contribution in [0.2, 0.25) is 0 Å². The topological polar surface area (TPSA) is 42.0 Å². The molecular formula is C22H28N2O3. The first-order valence-corrected chi connectivity index (χ1v) is 9.40. The minimum atomic E-state index is -0.495. The van der Waals surface area contributed by atoms with E-state index in [1.165, 1.54) is 5.56 Å². The lowest BCUT2D eigenvalue weighted by atomic mass is 10.1. The Morgan fingerprint density at radius 1 is 1.00 bits per heavy atom. The van der Waals surface area contributed by atoms with Gasteiger partial charge in [-0.2, -0.15) is 0 Å². The molecule has 0 N–H and O–H groups in total. The monoisotopic (exact) mass is 368 g/mol. The normalized spacial score (nSPS) is 15.4. The van der Waals surface area contributed by atoms with Crippen LogP contribution in [0.1, 0.15) is 18.1 Å². The Hall–Kier alpha value is -2.69. The molecule has 0 radical (unpaired) electrons. The molecule has 1 atom stereocenters. The van der Waals surface area contributed by atoms with Crippen molar-refractivity contribution >= 4 is 11.6 Å². The number of carbonyl (C=O) groups excluding carboxylic acids is 1. The maximum atomic E-state index is 12.8. The summed E-state index contributed by atoms with van der Waals surface area (Å²) >= 11 is 0. The van der Waals surface area contributed by atoms with Crippen molar-refractivity contribution in [1.82, 2.24) is 4.90 Å². The smallest absolute Gasteiger partial charge is 0.263 e. The van der Waals surface area contributed by atoms with Crippen LogP contribution in [0.3, 0.4) is 0 Å². The van der Waals surface area contributed by atoms with Crippen LogP contribution in [0, 0.1) is 13.8 Å². The molecule has 1 amide bonds. The zero-order valence-corrected chi connectivity index (χ0v) is 16.6. The number of nitrogens with zero attached hydrogens (tertiary/aromatic N) is 2. The SMILES string of the molecule is COc1ccccc1N1CCN(C(=O)C(C)Oc2ccc(C)c(C)c2)CC1. The van der Waals surface area contributed by atoms with E-state index in [1.54, 1.807) is 7.11 Å². The molecule has 144 valence electrons. The summed E-state index contributed by atoms with van der Waals surface area (Å²) in [5.74, 6) is 1.64. The van der Waals surface area contributed by atoms with Crippen LogP contribution in [-0.4, -0.2) is 50.2 Å². The third-order valence-corrected chi connectivity index (χ3v) is 5.16. The van der Waals surface area contributed by atoms with E-state index in [-0.39, 0.29) is 5.91 Å². The highest BCUT2D eigenvalue weighted by Gasteiger charge is 2.27. The molecule has 1 aliphatic heterocycles. The average Bonchev–Trinajstić information content (AvgIpc) is 2.70. The van der Waals surface area contributed by atoms with Crippen molar-refractivity contribution < 1.29 is 14.3 Å². The van der Waals surface area contributed by atoms with Crippen LogP contribution < -0.4 is 14.4 Å². The zero-order chi connectivity index (χ0) is 19.4. The third kappa shape index (κ3) is 4.35. The van der Waals surface area contributed by atoms with Crippen molar-refractivity contribution in [2.75, 3.05) is 38.2 Å². The number of benzene rings is 2. The first kappa shape index (κ1) is 19.1. The van der Waals surface area contributed by atoms with Crippen LogP contribution >= 0.6 is 0 Å². The van der Waals surface area contributed by atoms with Crippen LogP contribution in [0.25, 0.3) is 0 Å². The Balaban J connectivity index is 1.58. The van der Waals surface area contributed by atoms with E-state index >= 15 is 0 Å². The first-order valence-electron chi connectivity index (χ1n) is 9.40. The van der Waals surface area contributed by atoms with Crippen molar-refractivity contribution in [3.05, 3.63) is 53.6 Å². The Bertz CT molecular complexity index is 798. The number of methoxy groups -OCH3 is 1. The molecule has 0 bridgehead atoms. The largest absolute Gasteiger partial charge is 0.495 e.